The van der Waals surface area contributed by atoms with Gasteiger partial charge in [0.15, 0.2) is 5.82 Å². The molecule has 2 saturated heterocycles. The minimum absolute atomic E-state index is 0.123. The highest BCUT2D eigenvalue weighted by atomic mass is 35.5. The third-order valence-corrected chi connectivity index (χ3v) is 4.45. The van der Waals surface area contributed by atoms with Gasteiger partial charge in [-0.3, -0.25) is 0 Å². The van der Waals surface area contributed by atoms with Crippen molar-refractivity contribution < 1.29 is 9.47 Å². The fraction of sp³-hybridized carbons (Fsp3) is 0.692. The van der Waals surface area contributed by atoms with Gasteiger partial charge in [0, 0.05) is 31.7 Å². The summed E-state index contributed by atoms with van der Waals surface area (Å²) in [5.41, 5.74) is 5.90. The van der Waals surface area contributed by atoms with Crippen molar-refractivity contribution in [2.45, 2.75) is 12.8 Å². The van der Waals surface area contributed by atoms with E-state index in [1.165, 1.54) is 6.33 Å². The van der Waals surface area contributed by atoms with Crippen LogP contribution >= 0.6 is 11.6 Å². The molecule has 3 rings (SSSR count). The minimum atomic E-state index is 0.123. The van der Waals surface area contributed by atoms with Crippen LogP contribution in [0.1, 0.15) is 12.8 Å². The van der Waals surface area contributed by atoms with Gasteiger partial charge < -0.3 is 20.1 Å². The van der Waals surface area contributed by atoms with Crippen molar-refractivity contribution in [3.05, 3.63) is 11.3 Å². The summed E-state index contributed by atoms with van der Waals surface area (Å²) in [5.74, 6) is 1.03. The van der Waals surface area contributed by atoms with Crippen LogP contribution in [0.15, 0.2) is 6.33 Å². The smallest absolute Gasteiger partial charge is 0.153 e. The van der Waals surface area contributed by atoms with Crippen molar-refractivity contribution in [1.29, 1.82) is 0 Å². The van der Waals surface area contributed by atoms with Crippen LogP contribution in [0.2, 0.25) is 5.02 Å². The highest BCUT2D eigenvalue weighted by Gasteiger charge is 2.37. The van der Waals surface area contributed by atoms with Gasteiger partial charge in [0.25, 0.3) is 0 Å². The Morgan fingerprint density at radius 1 is 1.20 bits per heavy atom. The van der Waals surface area contributed by atoms with Gasteiger partial charge in [-0.25, -0.2) is 9.97 Å². The molecule has 1 aromatic rings. The van der Waals surface area contributed by atoms with Crippen molar-refractivity contribution in [1.82, 2.24) is 9.97 Å². The van der Waals surface area contributed by atoms with Crippen molar-refractivity contribution in [2.75, 3.05) is 50.2 Å². The number of hydrogen-bond acceptors (Lipinski definition) is 6. The molecule has 0 saturated carbocycles. The zero-order valence-corrected chi connectivity index (χ0v) is 12.1. The lowest BCUT2D eigenvalue weighted by Crippen LogP contribution is -2.43. The van der Waals surface area contributed by atoms with Crippen LogP contribution in [0, 0.1) is 5.41 Å². The maximum Gasteiger partial charge on any atom is 0.153 e. The van der Waals surface area contributed by atoms with E-state index in [0.29, 0.717) is 23.3 Å². The van der Waals surface area contributed by atoms with Gasteiger partial charge >= 0.3 is 0 Å². The lowest BCUT2D eigenvalue weighted by Gasteiger charge is -2.38. The highest BCUT2D eigenvalue weighted by Crippen LogP contribution is 2.36. The summed E-state index contributed by atoms with van der Waals surface area (Å²) in [5, 5.41) is 0.427. The fourth-order valence-corrected chi connectivity index (χ4v) is 3.09. The number of nitrogen functional groups attached to an aromatic ring is 1. The maximum atomic E-state index is 6.25. The van der Waals surface area contributed by atoms with Crippen LogP contribution in [-0.4, -0.2) is 49.5 Å². The van der Waals surface area contributed by atoms with E-state index < -0.39 is 0 Å². The number of aromatic nitrogens is 2. The summed E-state index contributed by atoms with van der Waals surface area (Å²) < 4.78 is 11.3. The molecule has 2 aliphatic rings. The van der Waals surface area contributed by atoms with Crippen molar-refractivity contribution >= 4 is 23.2 Å². The Kier molecular flexibility index (Phi) is 3.96. The molecular weight excluding hydrogens is 280 g/mol. The van der Waals surface area contributed by atoms with Gasteiger partial charge in [0.1, 0.15) is 17.2 Å². The van der Waals surface area contributed by atoms with E-state index in [0.717, 1.165) is 45.8 Å². The first kappa shape index (κ1) is 13.9. The number of nitrogens with zero attached hydrogens (tertiary/aromatic N) is 3. The molecule has 6 nitrogen and oxygen atoms in total. The Bertz CT molecular complexity index is 479. The summed E-state index contributed by atoms with van der Waals surface area (Å²) in [6.07, 6.45) is 3.46. The van der Waals surface area contributed by atoms with E-state index >= 15 is 0 Å². The van der Waals surface area contributed by atoms with Crippen LogP contribution in [0.4, 0.5) is 11.6 Å². The summed E-state index contributed by atoms with van der Waals surface area (Å²) in [6, 6.07) is 0. The number of hydrogen-bond donors (Lipinski definition) is 1. The van der Waals surface area contributed by atoms with Gasteiger partial charge in [-0.1, -0.05) is 11.6 Å². The fourth-order valence-electron chi connectivity index (χ4n) is 2.87. The van der Waals surface area contributed by atoms with Crippen LogP contribution in [0.3, 0.4) is 0 Å². The SMILES string of the molecule is Nc1ncnc(N2CCOCC3(CCOCC3)C2)c1Cl. The van der Waals surface area contributed by atoms with Gasteiger partial charge in [-0.15, -0.1) is 0 Å². The third kappa shape index (κ3) is 2.68. The zero-order chi connectivity index (χ0) is 14.0. The number of nitrogens with two attached hydrogens (primary N) is 1. The third-order valence-electron chi connectivity index (χ3n) is 4.09. The number of halogens is 1. The number of anilines is 2. The van der Waals surface area contributed by atoms with E-state index in [4.69, 9.17) is 26.8 Å². The monoisotopic (exact) mass is 298 g/mol. The van der Waals surface area contributed by atoms with Crippen molar-refractivity contribution in [3.8, 4) is 0 Å². The van der Waals surface area contributed by atoms with Crippen LogP contribution < -0.4 is 10.6 Å². The first-order valence-corrected chi connectivity index (χ1v) is 7.24. The lowest BCUT2D eigenvalue weighted by molar-refractivity contribution is -0.0240. The molecule has 0 unspecified atom stereocenters. The molecule has 0 aromatic carbocycles. The second kappa shape index (κ2) is 5.71. The topological polar surface area (TPSA) is 73.5 Å². The van der Waals surface area contributed by atoms with Gasteiger partial charge in [0.2, 0.25) is 0 Å². The molecule has 20 heavy (non-hydrogen) atoms. The highest BCUT2D eigenvalue weighted by molar-refractivity contribution is 6.35. The largest absolute Gasteiger partial charge is 0.382 e. The number of ether oxygens (including phenoxy) is 2. The zero-order valence-electron chi connectivity index (χ0n) is 11.3. The van der Waals surface area contributed by atoms with Crippen molar-refractivity contribution in [3.63, 3.8) is 0 Å². The Labute approximate surface area is 123 Å². The number of rotatable bonds is 1. The molecule has 2 N–H and O–H groups in total. The molecular formula is C13H19ClN4O2. The van der Waals surface area contributed by atoms with Gasteiger partial charge in [0.05, 0.1) is 13.2 Å². The average molecular weight is 299 g/mol. The van der Waals surface area contributed by atoms with E-state index in [-0.39, 0.29) is 5.41 Å². The predicted molar refractivity (Wildman–Crippen MR) is 77.0 cm³/mol. The van der Waals surface area contributed by atoms with E-state index in [1.54, 1.807) is 0 Å². The van der Waals surface area contributed by atoms with Gasteiger partial charge in [-0.2, -0.15) is 0 Å². The van der Waals surface area contributed by atoms with Crippen LogP contribution in [-0.2, 0) is 9.47 Å². The molecule has 1 aromatic heterocycles. The molecule has 7 heteroatoms. The van der Waals surface area contributed by atoms with Crippen LogP contribution in [0.5, 0.6) is 0 Å². The summed E-state index contributed by atoms with van der Waals surface area (Å²) in [7, 11) is 0. The average Bonchev–Trinajstić information content (AvgIpc) is 2.66. The minimum Gasteiger partial charge on any atom is -0.382 e. The predicted octanol–water partition coefficient (Wildman–Crippen LogP) is 1.35. The summed E-state index contributed by atoms with van der Waals surface area (Å²) in [6.45, 7) is 4.65. The molecule has 0 amide bonds. The van der Waals surface area contributed by atoms with E-state index in [2.05, 4.69) is 14.9 Å². The van der Waals surface area contributed by atoms with Crippen molar-refractivity contribution in [2.24, 2.45) is 5.41 Å². The summed E-state index contributed by atoms with van der Waals surface area (Å²) >= 11 is 6.25. The molecule has 2 fully saturated rings. The quantitative estimate of drug-likeness (QED) is 0.843. The molecule has 0 radical (unpaired) electrons. The Hall–Kier alpha value is -1.11. The van der Waals surface area contributed by atoms with E-state index in [1.807, 2.05) is 0 Å². The van der Waals surface area contributed by atoms with E-state index in [9.17, 15) is 0 Å². The maximum absolute atomic E-state index is 6.25. The first-order valence-electron chi connectivity index (χ1n) is 6.87. The Balaban J connectivity index is 1.86. The Morgan fingerprint density at radius 3 is 2.80 bits per heavy atom. The summed E-state index contributed by atoms with van der Waals surface area (Å²) in [4.78, 5) is 10.4. The molecule has 110 valence electrons. The molecule has 0 aliphatic carbocycles. The second-order valence-electron chi connectivity index (χ2n) is 5.48. The first-order chi connectivity index (χ1) is 9.70. The van der Waals surface area contributed by atoms with Gasteiger partial charge in [-0.05, 0) is 12.8 Å². The normalized spacial score (nSPS) is 22.8. The molecule has 1 spiro atoms. The van der Waals surface area contributed by atoms with Crippen LogP contribution in [0.25, 0.3) is 0 Å². The lowest BCUT2D eigenvalue weighted by atomic mass is 9.80. The standard InChI is InChI=1S/C13H19ClN4O2/c14-10-11(15)16-9-17-12(10)18-3-6-20-8-13(7-18)1-4-19-5-2-13/h9H,1-8H2,(H2,15,16,17). The molecule has 3 heterocycles. The molecule has 2 aliphatic heterocycles. The second-order valence-corrected chi connectivity index (χ2v) is 5.86. The Morgan fingerprint density at radius 2 is 2.00 bits per heavy atom. The molecule has 0 atom stereocenters. The molecule has 0 bridgehead atoms.